The minimum atomic E-state index is -4.48. The molecule has 0 radical (unpaired) electrons. The molecule has 1 heterocycles. The first-order valence-electron chi connectivity index (χ1n) is 4.70. The molecule has 0 spiro atoms. The minimum Gasteiger partial charge on any atom is -0.459 e. The van der Waals surface area contributed by atoms with Gasteiger partial charge in [-0.15, -0.1) is 0 Å². The van der Waals surface area contributed by atoms with E-state index in [-0.39, 0.29) is 5.76 Å². The third kappa shape index (κ3) is 1.90. The summed E-state index contributed by atoms with van der Waals surface area (Å²) in [6.07, 6.45) is -4.48. The van der Waals surface area contributed by atoms with Crippen LogP contribution < -0.4 is 5.73 Å². The topological polar surface area (TPSA) is 39.2 Å². The Morgan fingerprint density at radius 1 is 1.25 bits per heavy atom. The molecule has 2 rings (SSSR count). The molecule has 1 unspecified atom stereocenters. The molecule has 0 saturated heterocycles. The second-order valence-electron chi connectivity index (χ2n) is 3.71. The van der Waals surface area contributed by atoms with E-state index in [0.717, 1.165) is 5.56 Å². The summed E-state index contributed by atoms with van der Waals surface area (Å²) < 4.78 is 42.1. The van der Waals surface area contributed by atoms with E-state index < -0.39 is 12.2 Å². The molecule has 1 aromatic carbocycles. The molecule has 16 heavy (non-hydrogen) atoms. The molecule has 1 aromatic heterocycles. The molecule has 86 valence electrons. The predicted octanol–water partition coefficient (Wildman–Crippen LogP) is 3.30. The average molecular weight is 229 g/mol. The van der Waals surface area contributed by atoms with E-state index in [1.165, 1.54) is 6.07 Å². The van der Waals surface area contributed by atoms with Gasteiger partial charge in [-0.25, -0.2) is 0 Å². The van der Waals surface area contributed by atoms with Crippen molar-refractivity contribution in [2.75, 3.05) is 0 Å². The maximum absolute atomic E-state index is 12.4. The Balaban J connectivity index is 2.47. The van der Waals surface area contributed by atoms with Crippen LogP contribution >= 0.6 is 0 Å². The summed E-state index contributed by atoms with van der Waals surface area (Å²) in [5.74, 6) is -0.256. The fourth-order valence-corrected chi connectivity index (χ4v) is 1.50. The Morgan fingerprint density at radius 2 is 1.94 bits per heavy atom. The van der Waals surface area contributed by atoms with Crippen LogP contribution in [0.4, 0.5) is 13.2 Å². The lowest BCUT2D eigenvalue weighted by atomic mass is 10.1. The largest absolute Gasteiger partial charge is 0.459 e. The van der Waals surface area contributed by atoms with Crippen molar-refractivity contribution in [3.05, 3.63) is 35.6 Å². The lowest BCUT2D eigenvalue weighted by Crippen LogP contribution is -2.27. The number of rotatable bonds is 1. The van der Waals surface area contributed by atoms with Crippen molar-refractivity contribution in [3.63, 3.8) is 0 Å². The Labute approximate surface area is 89.8 Å². The zero-order chi connectivity index (χ0) is 11.9. The number of halogens is 3. The quantitative estimate of drug-likeness (QED) is 0.814. The van der Waals surface area contributed by atoms with Crippen molar-refractivity contribution >= 4 is 11.0 Å². The highest BCUT2D eigenvalue weighted by Crippen LogP contribution is 2.33. The van der Waals surface area contributed by atoms with Crippen molar-refractivity contribution in [3.8, 4) is 0 Å². The minimum absolute atomic E-state index is 0.256. The van der Waals surface area contributed by atoms with Gasteiger partial charge in [0.05, 0.1) is 0 Å². The van der Waals surface area contributed by atoms with Gasteiger partial charge < -0.3 is 10.2 Å². The zero-order valence-corrected chi connectivity index (χ0v) is 8.51. The number of nitrogens with two attached hydrogens (primary N) is 1. The van der Waals surface area contributed by atoms with Crippen LogP contribution in [-0.4, -0.2) is 6.18 Å². The maximum Gasteiger partial charge on any atom is 0.410 e. The standard InChI is InChI=1S/C11H10F3NO/c1-6-2-3-8-7(4-6)5-9(16-8)10(15)11(12,13)14/h2-5,10H,15H2,1H3. The fourth-order valence-electron chi connectivity index (χ4n) is 1.50. The van der Waals surface area contributed by atoms with E-state index >= 15 is 0 Å². The summed E-state index contributed by atoms with van der Waals surface area (Å²) in [4.78, 5) is 0. The van der Waals surface area contributed by atoms with Gasteiger partial charge in [-0.05, 0) is 25.1 Å². The van der Waals surface area contributed by atoms with Crippen LogP contribution in [0.15, 0.2) is 28.7 Å². The van der Waals surface area contributed by atoms with Crippen molar-refractivity contribution in [1.82, 2.24) is 0 Å². The van der Waals surface area contributed by atoms with Gasteiger partial charge in [0.15, 0.2) is 6.04 Å². The molecule has 0 saturated carbocycles. The number of fused-ring (bicyclic) bond motifs is 1. The molecule has 5 heteroatoms. The first-order chi connectivity index (χ1) is 7.38. The highest BCUT2D eigenvalue weighted by atomic mass is 19.4. The number of hydrogen-bond donors (Lipinski definition) is 1. The van der Waals surface area contributed by atoms with E-state index in [4.69, 9.17) is 10.2 Å². The smallest absolute Gasteiger partial charge is 0.410 e. The molecule has 0 aliphatic rings. The summed E-state index contributed by atoms with van der Waals surface area (Å²) >= 11 is 0. The van der Waals surface area contributed by atoms with E-state index in [2.05, 4.69) is 0 Å². The molecular weight excluding hydrogens is 219 g/mol. The van der Waals surface area contributed by atoms with Crippen LogP contribution in [0.3, 0.4) is 0 Å². The van der Waals surface area contributed by atoms with Crippen LogP contribution in [0.5, 0.6) is 0 Å². The SMILES string of the molecule is Cc1ccc2oc(C(N)C(F)(F)F)cc2c1. The highest BCUT2D eigenvalue weighted by Gasteiger charge is 2.40. The van der Waals surface area contributed by atoms with E-state index in [0.29, 0.717) is 11.0 Å². The fraction of sp³-hybridized carbons (Fsp3) is 0.273. The van der Waals surface area contributed by atoms with Crippen LogP contribution in [0.1, 0.15) is 17.4 Å². The predicted molar refractivity (Wildman–Crippen MR) is 53.9 cm³/mol. The molecule has 0 fully saturated rings. The second-order valence-corrected chi connectivity index (χ2v) is 3.71. The molecule has 2 N–H and O–H groups in total. The van der Waals surface area contributed by atoms with Gasteiger partial charge in [0, 0.05) is 5.39 Å². The summed E-state index contributed by atoms with van der Waals surface area (Å²) in [6, 6.07) is 4.43. The van der Waals surface area contributed by atoms with Gasteiger partial charge in [0.25, 0.3) is 0 Å². The lowest BCUT2D eigenvalue weighted by Gasteiger charge is -2.12. The third-order valence-electron chi connectivity index (χ3n) is 2.35. The van der Waals surface area contributed by atoms with Crippen LogP contribution in [0, 0.1) is 6.92 Å². The van der Waals surface area contributed by atoms with Gasteiger partial charge >= 0.3 is 6.18 Å². The Hall–Kier alpha value is -1.49. The number of alkyl halides is 3. The van der Waals surface area contributed by atoms with Crippen molar-refractivity contribution in [2.45, 2.75) is 19.1 Å². The van der Waals surface area contributed by atoms with Crippen LogP contribution in [-0.2, 0) is 0 Å². The van der Waals surface area contributed by atoms with Crippen LogP contribution in [0.2, 0.25) is 0 Å². The first kappa shape index (κ1) is 11.0. The number of aryl methyl sites for hydroxylation is 1. The number of benzene rings is 1. The lowest BCUT2D eigenvalue weighted by molar-refractivity contribution is -0.152. The van der Waals surface area contributed by atoms with Gasteiger partial charge in [0.2, 0.25) is 0 Å². The molecule has 1 atom stereocenters. The maximum atomic E-state index is 12.4. The number of hydrogen-bond acceptors (Lipinski definition) is 2. The molecule has 0 aliphatic carbocycles. The second kappa shape index (κ2) is 3.52. The molecule has 2 nitrogen and oxygen atoms in total. The Morgan fingerprint density at radius 3 is 2.56 bits per heavy atom. The third-order valence-corrected chi connectivity index (χ3v) is 2.35. The summed E-state index contributed by atoms with van der Waals surface area (Å²) in [7, 11) is 0. The van der Waals surface area contributed by atoms with E-state index in [1.807, 2.05) is 6.92 Å². The van der Waals surface area contributed by atoms with Crippen molar-refractivity contribution in [2.24, 2.45) is 5.73 Å². The van der Waals surface area contributed by atoms with E-state index in [1.54, 1.807) is 18.2 Å². The van der Waals surface area contributed by atoms with Crippen molar-refractivity contribution in [1.29, 1.82) is 0 Å². The summed E-state index contributed by atoms with van der Waals surface area (Å²) in [5, 5.41) is 0.634. The summed E-state index contributed by atoms with van der Waals surface area (Å²) in [5.41, 5.74) is 6.43. The van der Waals surface area contributed by atoms with E-state index in [9.17, 15) is 13.2 Å². The molecule has 0 aliphatic heterocycles. The van der Waals surface area contributed by atoms with Gasteiger partial charge in [-0.3, -0.25) is 0 Å². The highest BCUT2D eigenvalue weighted by molar-refractivity contribution is 5.78. The van der Waals surface area contributed by atoms with Crippen molar-refractivity contribution < 1.29 is 17.6 Å². The zero-order valence-electron chi connectivity index (χ0n) is 8.51. The molecule has 0 amide bonds. The molecular formula is C11H10F3NO. The van der Waals surface area contributed by atoms with Crippen LogP contribution in [0.25, 0.3) is 11.0 Å². The van der Waals surface area contributed by atoms with Gasteiger partial charge in [0.1, 0.15) is 11.3 Å². The summed E-state index contributed by atoms with van der Waals surface area (Å²) in [6.45, 7) is 1.86. The average Bonchev–Trinajstić information content (AvgIpc) is 2.57. The number of furan rings is 1. The normalized spacial score (nSPS) is 14.3. The van der Waals surface area contributed by atoms with Gasteiger partial charge in [-0.2, -0.15) is 13.2 Å². The Bertz CT molecular complexity index is 515. The van der Waals surface area contributed by atoms with Gasteiger partial charge in [-0.1, -0.05) is 11.6 Å². The monoisotopic (exact) mass is 229 g/mol. The Kier molecular flexibility index (Phi) is 2.42. The molecule has 2 aromatic rings. The molecule has 0 bridgehead atoms. The first-order valence-corrected chi connectivity index (χ1v) is 4.70.